The number of hydrogen-bond donors (Lipinski definition) is 1. The van der Waals surface area contributed by atoms with Crippen molar-refractivity contribution in [3.8, 4) is 28.7 Å². The third-order valence-corrected chi connectivity index (χ3v) is 4.51. The number of nitrogens with zero attached hydrogens (tertiary/aromatic N) is 5. The molecule has 0 spiro atoms. The van der Waals surface area contributed by atoms with Crippen LogP contribution in [0.15, 0.2) is 41.5 Å². The van der Waals surface area contributed by atoms with Crippen molar-refractivity contribution in [2.45, 2.75) is 6.92 Å². The first-order valence-corrected chi connectivity index (χ1v) is 8.46. The molecule has 0 aliphatic heterocycles. The molecular formula is C19H13ClN6O. The predicted molar refractivity (Wildman–Crippen MR) is 102 cm³/mol. The van der Waals surface area contributed by atoms with Crippen molar-refractivity contribution >= 4 is 22.8 Å². The Hall–Kier alpha value is -3.50. The van der Waals surface area contributed by atoms with Gasteiger partial charge < -0.3 is 4.98 Å². The fourth-order valence-electron chi connectivity index (χ4n) is 2.93. The molecule has 1 N–H and O–H groups in total. The van der Waals surface area contributed by atoms with Gasteiger partial charge in [-0.05, 0) is 30.7 Å². The van der Waals surface area contributed by atoms with Crippen LogP contribution >= 0.6 is 11.6 Å². The number of nitriles is 1. The summed E-state index contributed by atoms with van der Waals surface area (Å²) < 4.78 is 1.66. The Morgan fingerprint density at radius 1 is 1.22 bits per heavy atom. The molecule has 0 aliphatic carbocycles. The van der Waals surface area contributed by atoms with Crippen LogP contribution in [0.1, 0.15) is 11.1 Å². The van der Waals surface area contributed by atoms with Gasteiger partial charge in [0.1, 0.15) is 17.5 Å². The summed E-state index contributed by atoms with van der Waals surface area (Å²) in [5.74, 6) is 0. The third kappa shape index (κ3) is 2.86. The number of H-pyrrole nitrogens is 1. The molecule has 3 heterocycles. The number of rotatable bonds is 2. The molecule has 8 heteroatoms. The van der Waals surface area contributed by atoms with Crippen LogP contribution in [0.4, 0.5) is 0 Å². The van der Waals surface area contributed by atoms with E-state index in [2.05, 4.69) is 26.1 Å². The van der Waals surface area contributed by atoms with E-state index in [0.717, 1.165) is 5.56 Å². The van der Waals surface area contributed by atoms with Gasteiger partial charge >= 0.3 is 0 Å². The van der Waals surface area contributed by atoms with Crippen LogP contribution in [-0.4, -0.2) is 24.7 Å². The lowest BCUT2D eigenvalue weighted by atomic mass is 10.0. The van der Waals surface area contributed by atoms with E-state index < -0.39 is 0 Å². The van der Waals surface area contributed by atoms with Gasteiger partial charge in [-0.1, -0.05) is 11.6 Å². The van der Waals surface area contributed by atoms with Crippen LogP contribution in [0.2, 0.25) is 5.02 Å². The topological polar surface area (TPSA) is 100 Å². The number of benzene rings is 1. The number of pyridine rings is 1. The largest absolute Gasteiger partial charge is 0.345 e. The third-order valence-electron chi connectivity index (χ3n) is 4.21. The summed E-state index contributed by atoms with van der Waals surface area (Å²) in [6.07, 6.45) is 3.33. The Morgan fingerprint density at radius 2 is 2.04 bits per heavy atom. The normalized spacial score (nSPS) is 10.9. The van der Waals surface area contributed by atoms with Crippen molar-refractivity contribution in [3.05, 3.63) is 63.0 Å². The minimum Gasteiger partial charge on any atom is -0.345 e. The molecule has 0 saturated carbocycles. The number of aryl methyl sites for hydroxylation is 2. The average molecular weight is 377 g/mol. The maximum atomic E-state index is 12.2. The van der Waals surface area contributed by atoms with Gasteiger partial charge in [0.05, 0.1) is 16.3 Å². The Balaban J connectivity index is 2.08. The predicted octanol–water partition coefficient (Wildman–Crippen LogP) is 3.22. The number of fused-ring (bicyclic) bond motifs is 1. The van der Waals surface area contributed by atoms with Crippen molar-refractivity contribution < 1.29 is 0 Å². The highest BCUT2D eigenvalue weighted by Crippen LogP contribution is 2.33. The van der Waals surface area contributed by atoms with Crippen LogP contribution in [-0.2, 0) is 7.05 Å². The number of halogens is 1. The van der Waals surface area contributed by atoms with E-state index in [1.165, 1.54) is 12.3 Å². The number of aromatic nitrogens is 5. The Kier molecular flexibility index (Phi) is 3.98. The molecule has 0 unspecified atom stereocenters. The lowest BCUT2D eigenvalue weighted by molar-refractivity contribution is 0.770. The van der Waals surface area contributed by atoms with E-state index in [-0.39, 0.29) is 10.9 Å². The van der Waals surface area contributed by atoms with Crippen molar-refractivity contribution in [2.24, 2.45) is 7.05 Å². The number of hydrogen-bond acceptors (Lipinski definition) is 5. The van der Waals surface area contributed by atoms with Gasteiger partial charge in [0.15, 0.2) is 11.2 Å². The summed E-state index contributed by atoms with van der Waals surface area (Å²) in [5.41, 5.74) is 3.77. The van der Waals surface area contributed by atoms with E-state index in [0.29, 0.717) is 38.9 Å². The molecule has 0 aliphatic rings. The minimum atomic E-state index is -0.235. The Labute approximate surface area is 158 Å². The van der Waals surface area contributed by atoms with Crippen LogP contribution < -0.4 is 5.43 Å². The van der Waals surface area contributed by atoms with Crippen molar-refractivity contribution in [3.63, 3.8) is 0 Å². The second kappa shape index (κ2) is 6.34. The van der Waals surface area contributed by atoms with Gasteiger partial charge in [-0.25, -0.2) is 9.97 Å². The zero-order chi connectivity index (χ0) is 19.1. The molecule has 0 saturated heterocycles. The SMILES string of the molecule is Cc1cc(-c2nc3c(=O)cc[nH]c3nc2-c2ccn(C)n2)cc(Cl)c1C#N. The van der Waals surface area contributed by atoms with Gasteiger partial charge in [-0.15, -0.1) is 0 Å². The second-order valence-electron chi connectivity index (χ2n) is 6.10. The minimum absolute atomic E-state index is 0.227. The van der Waals surface area contributed by atoms with Crippen LogP contribution in [0, 0.1) is 18.3 Å². The summed E-state index contributed by atoms with van der Waals surface area (Å²) >= 11 is 6.28. The van der Waals surface area contributed by atoms with Gasteiger partial charge in [0, 0.05) is 31.1 Å². The molecule has 1 aromatic carbocycles. The van der Waals surface area contributed by atoms with Crippen LogP contribution in [0.25, 0.3) is 33.8 Å². The van der Waals surface area contributed by atoms with E-state index in [4.69, 9.17) is 11.6 Å². The number of aromatic amines is 1. The Bertz CT molecular complexity index is 1270. The molecule has 0 atom stereocenters. The summed E-state index contributed by atoms with van der Waals surface area (Å²) in [4.78, 5) is 24.4. The number of nitrogens with one attached hydrogen (secondary N) is 1. The van der Waals surface area contributed by atoms with Gasteiger partial charge in [0.25, 0.3) is 0 Å². The molecule has 3 aromatic heterocycles. The van der Waals surface area contributed by atoms with Crippen LogP contribution in [0.3, 0.4) is 0 Å². The van der Waals surface area contributed by atoms with E-state index in [1.54, 1.807) is 23.9 Å². The zero-order valence-corrected chi connectivity index (χ0v) is 15.2. The highest BCUT2D eigenvalue weighted by Gasteiger charge is 2.18. The van der Waals surface area contributed by atoms with Crippen molar-refractivity contribution in [1.29, 1.82) is 5.26 Å². The lowest BCUT2D eigenvalue weighted by Gasteiger charge is -2.10. The van der Waals surface area contributed by atoms with Crippen molar-refractivity contribution in [2.75, 3.05) is 0 Å². The van der Waals surface area contributed by atoms with E-state index >= 15 is 0 Å². The fraction of sp³-hybridized carbons (Fsp3) is 0.105. The molecule has 132 valence electrons. The lowest BCUT2D eigenvalue weighted by Crippen LogP contribution is -2.07. The standard InChI is InChI=1S/C19H13ClN6O/c1-10-7-11(8-13(20)12(10)9-21)16-17(14-4-6-26(2)25-14)24-19-18(23-16)15(27)3-5-22-19/h3-8H,1-2H3,(H,22,24,27). The summed E-state index contributed by atoms with van der Waals surface area (Å²) in [6.45, 7) is 1.80. The molecule has 4 aromatic rings. The first-order valence-electron chi connectivity index (χ1n) is 8.08. The molecule has 0 radical (unpaired) electrons. The molecule has 0 amide bonds. The smallest absolute Gasteiger partial charge is 0.209 e. The van der Waals surface area contributed by atoms with Gasteiger partial charge in [-0.2, -0.15) is 10.4 Å². The average Bonchev–Trinajstić information content (AvgIpc) is 3.07. The highest BCUT2D eigenvalue weighted by atomic mass is 35.5. The first kappa shape index (κ1) is 16.9. The zero-order valence-electron chi connectivity index (χ0n) is 14.5. The molecule has 0 fully saturated rings. The fourth-order valence-corrected chi connectivity index (χ4v) is 3.24. The highest BCUT2D eigenvalue weighted by molar-refractivity contribution is 6.32. The quantitative estimate of drug-likeness (QED) is 0.579. The van der Waals surface area contributed by atoms with E-state index in [9.17, 15) is 10.1 Å². The second-order valence-corrected chi connectivity index (χ2v) is 6.50. The molecular weight excluding hydrogens is 364 g/mol. The summed E-state index contributed by atoms with van der Waals surface area (Å²) in [5, 5.41) is 14.0. The molecule has 4 rings (SSSR count). The maximum Gasteiger partial charge on any atom is 0.209 e. The van der Waals surface area contributed by atoms with Crippen molar-refractivity contribution in [1.82, 2.24) is 24.7 Å². The maximum absolute atomic E-state index is 12.2. The van der Waals surface area contributed by atoms with Crippen LogP contribution in [0.5, 0.6) is 0 Å². The first-order chi connectivity index (χ1) is 13.0. The summed E-state index contributed by atoms with van der Waals surface area (Å²) in [7, 11) is 1.81. The monoisotopic (exact) mass is 376 g/mol. The molecule has 0 bridgehead atoms. The van der Waals surface area contributed by atoms with Gasteiger partial charge in [-0.3, -0.25) is 9.48 Å². The molecule has 27 heavy (non-hydrogen) atoms. The Morgan fingerprint density at radius 3 is 2.70 bits per heavy atom. The van der Waals surface area contributed by atoms with Gasteiger partial charge in [0.2, 0.25) is 5.43 Å². The molecule has 7 nitrogen and oxygen atoms in total. The van der Waals surface area contributed by atoms with E-state index in [1.807, 2.05) is 19.2 Å². The summed E-state index contributed by atoms with van der Waals surface area (Å²) in [6, 6.07) is 8.78.